The number of aryl methyl sites for hydroxylation is 1. The van der Waals surface area contributed by atoms with E-state index in [4.69, 9.17) is 16.3 Å². The van der Waals surface area contributed by atoms with E-state index in [0.717, 1.165) is 18.4 Å². The summed E-state index contributed by atoms with van der Waals surface area (Å²) in [4.78, 5) is 11.4. The van der Waals surface area contributed by atoms with E-state index in [9.17, 15) is 4.79 Å². The quantitative estimate of drug-likeness (QED) is 0.666. The molecule has 2 rings (SSSR count). The zero-order valence-corrected chi connectivity index (χ0v) is 8.67. The third-order valence-corrected chi connectivity index (χ3v) is 2.91. The number of rotatable bonds is 1. The van der Waals surface area contributed by atoms with E-state index >= 15 is 0 Å². The monoisotopic (exact) mass is 210 g/mol. The van der Waals surface area contributed by atoms with Crippen LogP contribution in [-0.4, -0.2) is 13.1 Å². The van der Waals surface area contributed by atoms with Crippen molar-refractivity contribution in [2.24, 2.45) is 0 Å². The van der Waals surface area contributed by atoms with Gasteiger partial charge >= 0.3 is 5.97 Å². The molecule has 1 aromatic rings. The molecule has 0 aliphatic heterocycles. The molecule has 2 nitrogen and oxygen atoms in total. The summed E-state index contributed by atoms with van der Waals surface area (Å²) in [6, 6.07) is 5.71. The predicted octanol–water partition coefficient (Wildman–Crippen LogP) is 2.54. The summed E-state index contributed by atoms with van der Waals surface area (Å²) >= 11 is 5.88. The van der Waals surface area contributed by atoms with Crippen LogP contribution in [-0.2, 0) is 16.0 Å². The van der Waals surface area contributed by atoms with Crippen LogP contribution in [0.1, 0.15) is 23.5 Å². The number of carbonyl (C=O) groups is 1. The molecule has 0 amide bonds. The zero-order valence-electron chi connectivity index (χ0n) is 7.92. The first-order chi connectivity index (χ1) is 6.72. The fourth-order valence-corrected chi connectivity index (χ4v) is 2.14. The van der Waals surface area contributed by atoms with Crippen molar-refractivity contribution in [3.63, 3.8) is 0 Å². The lowest BCUT2D eigenvalue weighted by molar-refractivity contribution is -0.142. The van der Waals surface area contributed by atoms with Crippen LogP contribution in [0.3, 0.4) is 0 Å². The van der Waals surface area contributed by atoms with Gasteiger partial charge in [0.15, 0.2) is 0 Å². The van der Waals surface area contributed by atoms with Crippen LogP contribution in [0.25, 0.3) is 0 Å². The van der Waals surface area contributed by atoms with Crippen molar-refractivity contribution < 1.29 is 9.53 Å². The minimum Gasteiger partial charge on any atom is -0.469 e. The van der Waals surface area contributed by atoms with Gasteiger partial charge in [0.05, 0.1) is 13.0 Å². The summed E-state index contributed by atoms with van der Waals surface area (Å²) in [6.07, 6.45) is 1.77. The summed E-state index contributed by atoms with van der Waals surface area (Å²) in [5.41, 5.74) is 2.24. The number of ether oxygens (including phenoxy) is 1. The number of fused-ring (bicyclic) bond motifs is 1. The van der Waals surface area contributed by atoms with Crippen LogP contribution >= 0.6 is 11.6 Å². The van der Waals surface area contributed by atoms with Crippen LogP contribution in [0.15, 0.2) is 18.2 Å². The lowest BCUT2D eigenvalue weighted by atomic mass is 10.0. The van der Waals surface area contributed by atoms with Gasteiger partial charge in [-0.2, -0.15) is 0 Å². The average Bonchev–Trinajstić information content (AvgIpc) is 2.59. The maximum Gasteiger partial charge on any atom is 0.313 e. The maximum atomic E-state index is 11.4. The van der Waals surface area contributed by atoms with E-state index in [-0.39, 0.29) is 11.9 Å². The Morgan fingerprint density at radius 2 is 2.36 bits per heavy atom. The molecule has 0 spiro atoms. The number of benzene rings is 1. The number of carbonyl (C=O) groups excluding carboxylic acids is 1. The lowest BCUT2D eigenvalue weighted by Gasteiger charge is -2.08. The number of hydrogen-bond acceptors (Lipinski definition) is 2. The van der Waals surface area contributed by atoms with Crippen molar-refractivity contribution in [1.82, 2.24) is 0 Å². The maximum absolute atomic E-state index is 11.4. The molecule has 1 atom stereocenters. The standard InChI is InChI=1S/C11H11ClO2/c1-14-11(13)9-5-3-7-2-4-8(12)6-10(7)9/h2,4,6,9H,3,5H2,1H3/t9-/m0/s1. The van der Waals surface area contributed by atoms with Gasteiger partial charge in [0.1, 0.15) is 0 Å². The summed E-state index contributed by atoms with van der Waals surface area (Å²) in [6.45, 7) is 0. The molecule has 0 unspecified atom stereocenters. The molecule has 0 heterocycles. The molecule has 1 aliphatic carbocycles. The highest BCUT2D eigenvalue weighted by Crippen LogP contribution is 2.35. The molecule has 14 heavy (non-hydrogen) atoms. The molecule has 0 saturated heterocycles. The summed E-state index contributed by atoms with van der Waals surface area (Å²) in [5.74, 6) is -0.278. The van der Waals surface area contributed by atoms with Crippen LogP contribution in [0.4, 0.5) is 0 Å². The van der Waals surface area contributed by atoms with Gasteiger partial charge in [-0.1, -0.05) is 17.7 Å². The summed E-state index contributed by atoms with van der Waals surface area (Å²) in [5, 5.41) is 0.680. The van der Waals surface area contributed by atoms with E-state index in [1.54, 1.807) is 0 Å². The van der Waals surface area contributed by atoms with E-state index in [2.05, 4.69) is 0 Å². The number of halogens is 1. The van der Waals surface area contributed by atoms with Gasteiger partial charge < -0.3 is 4.74 Å². The molecule has 3 heteroatoms. The fraction of sp³-hybridized carbons (Fsp3) is 0.364. The highest BCUT2D eigenvalue weighted by atomic mass is 35.5. The molecule has 0 saturated carbocycles. The second-order valence-electron chi connectivity index (χ2n) is 3.46. The van der Waals surface area contributed by atoms with Crippen LogP contribution in [0.2, 0.25) is 5.02 Å². The first kappa shape index (κ1) is 9.53. The van der Waals surface area contributed by atoms with E-state index in [0.29, 0.717) is 5.02 Å². The van der Waals surface area contributed by atoms with Gasteiger partial charge in [-0.05, 0) is 36.1 Å². The molecule has 74 valence electrons. The molecule has 0 radical (unpaired) electrons. The highest BCUT2D eigenvalue weighted by molar-refractivity contribution is 6.30. The van der Waals surface area contributed by atoms with E-state index < -0.39 is 0 Å². The Kier molecular flexibility index (Phi) is 2.46. The van der Waals surface area contributed by atoms with Gasteiger partial charge in [0.2, 0.25) is 0 Å². The highest BCUT2D eigenvalue weighted by Gasteiger charge is 2.29. The second-order valence-corrected chi connectivity index (χ2v) is 3.89. The minimum absolute atomic E-state index is 0.117. The van der Waals surface area contributed by atoms with Gasteiger partial charge in [0.25, 0.3) is 0 Å². The molecule has 1 aromatic carbocycles. The topological polar surface area (TPSA) is 26.3 Å². The SMILES string of the molecule is COC(=O)[C@H]1CCc2ccc(Cl)cc21. The van der Waals surface area contributed by atoms with Crippen molar-refractivity contribution in [2.75, 3.05) is 7.11 Å². The number of methoxy groups -OCH3 is 1. The Morgan fingerprint density at radius 1 is 1.57 bits per heavy atom. The predicted molar refractivity (Wildman–Crippen MR) is 54.5 cm³/mol. The third-order valence-electron chi connectivity index (χ3n) is 2.67. The molecule has 0 N–H and O–H groups in total. The minimum atomic E-state index is -0.161. The smallest absolute Gasteiger partial charge is 0.313 e. The lowest BCUT2D eigenvalue weighted by Crippen LogP contribution is -2.11. The normalized spacial score (nSPS) is 19.1. The van der Waals surface area contributed by atoms with Crippen molar-refractivity contribution in [3.8, 4) is 0 Å². The number of esters is 1. The van der Waals surface area contributed by atoms with E-state index in [1.165, 1.54) is 12.7 Å². The van der Waals surface area contributed by atoms with Crippen LogP contribution < -0.4 is 0 Å². The van der Waals surface area contributed by atoms with Crippen molar-refractivity contribution >= 4 is 17.6 Å². The molecule has 0 aromatic heterocycles. The van der Waals surface area contributed by atoms with Gasteiger partial charge in [-0.3, -0.25) is 4.79 Å². The largest absolute Gasteiger partial charge is 0.469 e. The Bertz CT molecular complexity index is 374. The third kappa shape index (κ3) is 1.50. The molecule has 0 fully saturated rings. The van der Waals surface area contributed by atoms with Crippen molar-refractivity contribution in [1.29, 1.82) is 0 Å². The fourth-order valence-electron chi connectivity index (χ4n) is 1.96. The molecule has 0 bridgehead atoms. The van der Waals surface area contributed by atoms with Gasteiger partial charge in [-0.15, -0.1) is 0 Å². The first-order valence-corrected chi connectivity index (χ1v) is 4.96. The Hall–Kier alpha value is -1.02. The molecular formula is C11H11ClO2. The summed E-state index contributed by atoms with van der Waals surface area (Å²) < 4.78 is 4.75. The van der Waals surface area contributed by atoms with Crippen LogP contribution in [0, 0.1) is 0 Å². The summed E-state index contributed by atoms with van der Waals surface area (Å²) in [7, 11) is 1.42. The second kappa shape index (κ2) is 3.62. The van der Waals surface area contributed by atoms with Gasteiger partial charge in [-0.25, -0.2) is 0 Å². The Balaban J connectivity index is 2.38. The molecule has 1 aliphatic rings. The molecular weight excluding hydrogens is 200 g/mol. The zero-order chi connectivity index (χ0) is 10.1. The average molecular weight is 211 g/mol. The van der Waals surface area contributed by atoms with Crippen LogP contribution in [0.5, 0.6) is 0 Å². The number of hydrogen-bond donors (Lipinski definition) is 0. The van der Waals surface area contributed by atoms with Crippen molar-refractivity contribution in [3.05, 3.63) is 34.3 Å². The first-order valence-electron chi connectivity index (χ1n) is 4.58. The van der Waals surface area contributed by atoms with E-state index in [1.807, 2.05) is 18.2 Å². The van der Waals surface area contributed by atoms with Crippen molar-refractivity contribution in [2.45, 2.75) is 18.8 Å². The Morgan fingerprint density at radius 3 is 3.07 bits per heavy atom. The van der Waals surface area contributed by atoms with Gasteiger partial charge in [0, 0.05) is 5.02 Å². The Labute approximate surface area is 87.8 Å².